The van der Waals surface area contributed by atoms with Gasteiger partial charge in [0, 0.05) is 18.9 Å². The summed E-state index contributed by atoms with van der Waals surface area (Å²) in [7, 11) is 0. The van der Waals surface area contributed by atoms with Crippen LogP contribution >= 0.6 is 0 Å². The van der Waals surface area contributed by atoms with Crippen LogP contribution in [-0.4, -0.2) is 17.0 Å². The van der Waals surface area contributed by atoms with Gasteiger partial charge in [0.15, 0.2) is 6.10 Å². The first-order chi connectivity index (χ1) is 10.1. The van der Waals surface area contributed by atoms with Crippen molar-refractivity contribution in [2.75, 3.05) is 0 Å². The Labute approximate surface area is 125 Å². The number of ether oxygens (including phenoxy) is 1. The summed E-state index contributed by atoms with van der Waals surface area (Å²) < 4.78 is 5.68. The molecule has 0 fully saturated rings. The molecule has 1 atom stereocenters. The Bertz CT molecular complexity index is 611. The average Bonchev–Trinajstić information content (AvgIpc) is 2.49. The van der Waals surface area contributed by atoms with Gasteiger partial charge in [-0.1, -0.05) is 6.07 Å². The second-order valence-electron chi connectivity index (χ2n) is 5.08. The number of rotatable bonds is 5. The zero-order valence-electron chi connectivity index (χ0n) is 12.6. The third-order valence-corrected chi connectivity index (χ3v) is 3.38. The molecule has 1 amide bonds. The van der Waals surface area contributed by atoms with Crippen molar-refractivity contribution in [2.24, 2.45) is 0 Å². The van der Waals surface area contributed by atoms with Gasteiger partial charge in [-0.3, -0.25) is 9.78 Å². The molecule has 0 aliphatic rings. The van der Waals surface area contributed by atoms with E-state index in [1.165, 1.54) is 5.56 Å². The standard InChI is InChI=1S/C17H20N2O2/c1-12-4-5-16(10-13(12)2)21-14(3)17(20)19-11-15-6-8-18-9-7-15/h4-10,14H,11H2,1-3H3,(H,19,20)/t14-/m0/s1. The third-order valence-electron chi connectivity index (χ3n) is 3.38. The first kappa shape index (κ1) is 15.0. The van der Waals surface area contributed by atoms with Gasteiger partial charge in [0.25, 0.3) is 5.91 Å². The second kappa shape index (κ2) is 6.88. The lowest BCUT2D eigenvalue weighted by Gasteiger charge is -2.15. The van der Waals surface area contributed by atoms with Crippen LogP contribution in [-0.2, 0) is 11.3 Å². The Hall–Kier alpha value is -2.36. The highest BCUT2D eigenvalue weighted by atomic mass is 16.5. The molecule has 0 aliphatic carbocycles. The molecule has 0 unspecified atom stereocenters. The van der Waals surface area contributed by atoms with Crippen LogP contribution in [0.4, 0.5) is 0 Å². The Morgan fingerprint density at radius 2 is 1.90 bits per heavy atom. The highest BCUT2D eigenvalue weighted by Gasteiger charge is 2.14. The van der Waals surface area contributed by atoms with Gasteiger partial charge in [-0.15, -0.1) is 0 Å². The van der Waals surface area contributed by atoms with Gasteiger partial charge in [0.2, 0.25) is 0 Å². The maximum absolute atomic E-state index is 12.0. The van der Waals surface area contributed by atoms with Crippen molar-refractivity contribution in [3.63, 3.8) is 0 Å². The molecule has 110 valence electrons. The number of aryl methyl sites for hydroxylation is 2. The lowest BCUT2D eigenvalue weighted by molar-refractivity contribution is -0.127. The number of aromatic nitrogens is 1. The van der Waals surface area contributed by atoms with Gasteiger partial charge in [0.1, 0.15) is 5.75 Å². The molecule has 4 heteroatoms. The molecule has 21 heavy (non-hydrogen) atoms. The minimum absolute atomic E-state index is 0.134. The minimum atomic E-state index is -0.533. The summed E-state index contributed by atoms with van der Waals surface area (Å²) in [4.78, 5) is 16.0. The molecule has 1 aromatic carbocycles. The predicted octanol–water partition coefficient (Wildman–Crippen LogP) is 2.78. The van der Waals surface area contributed by atoms with E-state index >= 15 is 0 Å². The van der Waals surface area contributed by atoms with E-state index in [1.54, 1.807) is 19.3 Å². The zero-order valence-corrected chi connectivity index (χ0v) is 12.6. The van der Waals surface area contributed by atoms with E-state index in [2.05, 4.69) is 10.3 Å². The number of carbonyl (C=O) groups excluding carboxylic acids is 1. The summed E-state index contributed by atoms with van der Waals surface area (Å²) in [5.74, 6) is 0.578. The summed E-state index contributed by atoms with van der Waals surface area (Å²) >= 11 is 0. The molecule has 2 aromatic rings. The molecule has 4 nitrogen and oxygen atoms in total. The topological polar surface area (TPSA) is 51.2 Å². The van der Waals surface area contributed by atoms with E-state index in [9.17, 15) is 4.79 Å². The normalized spacial score (nSPS) is 11.8. The lowest BCUT2D eigenvalue weighted by atomic mass is 10.1. The van der Waals surface area contributed by atoms with Crippen LogP contribution in [0.25, 0.3) is 0 Å². The van der Waals surface area contributed by atoms with E-state index in [0.29, 0.717) is 12.3 Å². The molecule has 0 spiro atoms. The summed E-state index contributed by atoms with van der Waals surface area (Å²) in [5, 5.41) is 2.85. The smallest absolute Gasteiger partial charge is 0.261 e. The Kier molecular flexibility index (Phi) is 4.93. The maximum atomic E-state index is 12.0. The number of nitrogens with zero attached hydrogens (tertiary/aromatic N) is 1. The van der Waals surface area contributed by atoms with Gasteiger partial charge in [-0.05, 0) is 61.7 Å². The fraction of sp³-hybridized carbons (Fsp3) is 0.294. The number of hydrogen-bond acceptors (Lipinski definition) is 3. The molecule has 2 rings (SSSR count). The van der Waals surface area contributed by atoms with Crippen LogP contribution < -0.4 is 10.1 Å². The van der Waals surface area contributed by atoms with E-state index in [0.717, 1.165) is 11.1 Å². The number of carbonyl (C=O) groups is 1. The average molecular weight is 284 g/mol. The third kappa shape index (κ3) is 4.31. The monoisotopic (exact) mass is 284 g/mol. The molecule has 1 aromatic heterocycles. The zero-order chi connectivity index (χ0) is 15.2. The maximum Gasteiger partial charge on any atom is 0.261 e. The van der Waals surface area contributed by atoms with Crippen molar-refractivity contribution in [1.29, 1.82) is 0 Å². The van der Waals surface area contributed by atoms with Crippen LogP contribution in [0.3, 0.4) is 0 Å². The molecule has 0 aliphatic heterocycles. The Balaban J connectivity index is 1.88. The summed E-state index contributed by atoms with van der Waals surface area (Å²) in [6.45, 7) is 6.29. The summed E-state index contributed by atoms with van der Waals surface area (Å²) in [6, 6.07) is 9.56. The summed E-state index contributed by atoms with van der Waals surface area (Å²) in [5.41, 5.74) is 3.37. The highest BCUT2D eigenvalue weighted by Crippen LogP contribution is 2.17. The van der Waals surface area contributed by atoms with Crippen LogP contribution in [0, 0.1) is 13.8 Å². The fourth-order valence-corrected chi connectivity index (χ4v) is 1.88. The molecular weight excluding hydrogens is 264 g/mol. The molecule has 0 saturated carbocycles. The molecule has 1 N–H and O–H groups in total. The fourth-order valence-electron chi connectivity index (χ4n) is 1.88. The highest BCUT2D eigenvalue weighted by molar-refractivity contribution is 5.80. The van der Waals surface area contributed by atoms with Crippen molar-refractivity contribution in [1.82, 2.24) is 10.3 Å². The van der Waals surface area contributed by atoms with Gasteiger partial charge in [-0.2, -0.15) is 0 Å². The quantitative estimate of drug-likeness (QED) is 0.918. The van der Waals surface area contributed by atoms with Crippen molar-refractivity contribution in [3.05, 3.63) is 59.4 Å². The molecule has 0 bridgehead atoms. The molecule has 1 heterocycles. The van der Waals surface area contributed by atoms with E-state index in [-0.39, 0.29) is 5.91 Å². The first-order valence-electron chi connectivity index (χ1n) is 6.97. The molecular formula is C17H20N2O2. The minimum Gasteiger partial charge on any atom is -0.481 e. The van der Waals surface area contributed by atoms with Crippen molar-refractivity contribution < 1.29 is 9.53 Å². The van der Waals surface area contributed by atoms with E-state index in [1.807, 2.05) is 44.2 Å². The number of benzene rings is 1. The summed E-state index contributed by atoms with van der Waals surface area (Å²) in [6.07, 6.45) is 2.88. The van der Waals surface area contributed by atoms with Crippen molar-refractivity contribution >= 4 is 5.91 Å². The van der Waals surface area contributed by atoms with Crippen LogP contribution in [0.15, 0.2) is 42.7 Å². The van der Waals surface area contributed by atoms with Crippen molar-refractivity contribution in [3.8, 4) is 5.75 Å². The number of hydrogen-bond donors (Lipinski definition) is 1. The largest absolute Gasteiger partial charge is 0.481 e. The second-order valence-corrected chi connectivity index (χ2v) is 5.08. The molecule has 0 saturated heterocycles. The van der Waals surface area contributed by atoms with Gasteiger partial charge >= 0.3 is 0 Å². The van der Waals surface area contributed by atoms with Gasteiger partial charge < -0.3 is 10.1 Å². The van der Waals surface area contributed by atoms with E-state index < -0.39 is 6.10 Å². The van der Waals surface area contributed by atoms with E-state index in [4.69, 9.17) is 4.74 Å². The lowest BCUT2D eigenvalue weighted by Crippen LogP contribution is -2.35. The first-order valence-corrected chi connectivity index (χ1v) is 6.97. The number of nitrogens with one attached hydrogen (secondary N) is 1. The van der Waals surface area contributed by atoms with Crippen LogP contribution in [0.2, 0.25) is 0 Å². The van der Waals surface area contributed by atoms with Crippen LogP contribution in [0.1, 0.15) is 23.6 Å². The Morgan fingerprint density at radius 3 is 2.57 bits per heavy atom. The van der Waals surface area contributed by atoms with Crippen LogP contribution in [0.5, 0.6) is 5.75 Å². The van der Waals surface area contributed by atoms with Gasteiger partial charge in [0.05, 0.1) is 0 Å². The van der Waals surface area contributed by atoms with Gasteiger partial charge in [-0.25, -0.2) is 0 Å². The Morgan fingerprint density at radius 1 is 1.19 bits per heavy atom. The number of amides is 1. The predicted molar refractivity (Wildman–Crippen MR) is 82.1 cm³/mol. The molecule has 0 radical (unpaired) electrons. The SMILES string of the molecule is Cc1ccc(O[C@@H](C)C(=O)NCc2ccncc2)cc1C. The number of pyridine rings is 1. The van der Waals surface area contributed by atoms with Crippen molar-refractivity contribution in [2.45, 2.75) is 33.4 Å².